The van der Waals surface area contributed by atoms with Crippen molar-refractivity contribution in [3.05, 3.63) is 12.2 Å². The monoisotopic (exact) mass is 282 g/mol. The van der Waals surface area contributed by atoms with Gasteiger partial charge >= 0.3 is 12.0 Å². The highest BCUT2D eigenvalue weighted by molar-refractivity contribution is 5.86. The number of nitrogens with zero attached hydrogens (tertiary/aromatic N) is 2. The number of carbonyl (C=O) groups excluding carboxylic acids is 1. The second-order valence-electron chi connectivity index (χ2n) is 4.93. The minimum absolute atomic E-state index is 0.321. The van der Waals surface area contributed by atoms with E-state index in [4.69, 9.17) is 0 Å². The fourth-order valence-electron chi connectivity index (χ4n) is 2.40. The van der Waals surface area contributed by atoms with Gasteiger partial charge in [-0.1, -0.05) is 24.4 Å². The minimum Gasteiger partial charge on any atom is -0.480 e. The third-order valence-corrected chi connectivity index (χ3v) is 3.51. The summed E-state index contributed by atoms with van der Waals surface area (Å²) in [7, 11) is 0. The molecule has 0 radical (unpaired) electrons. The smallest absolute Gasteiger partial charge is 0.329 e. The molecule has 1 fully saturated rings. The molecule has 1 saturated carbocycles. The molecule has 1 aliphatic rings. The van der Waals surface area contributed by atoms with E-state index in [1.165, 1.54) is 6.39 Å². The number of hydrogen-bond donors (Lipinski definition) is 3. The average Bonchev–Trinajstić information content (AvgIpc) is 2.93. The summed E-state index contributed by atoms with van der Waals surface area (Å²) in [5.74, 6) is -0.471. The summed E-state index contributed by atoms with van der Waals surface area (Å²) in [6, 6.07) is -0.474. The van der Waals surface area contributed by atoms with Crippen molar-refractivity contribution >= 4 is 12.0 Å². The zero-order valence-electron chi connectivity index (χ0n) is 11.1. The van der Waals surface area contributed by atoms with Gasteiger partial charge in [-0.2, -0.15) is 4.98 Å². The number of hydrogen-bond acceptors (Lipinski definition) is 5. The molecule has 0 saturated heterocycles. The maximum absolute atomic E-state index is 11.8. The molecule has 20 heavy (non-hydrogen) atoms. The van der Waals surface area contributed by atoms with Crippen LogP contribution in [-0.4, -0.2) is 39.3 Å². The summed E-state index contributed by atoms with van der Waals surface area (Å²) in [6.07, 6.45) is 5.24. The predicted molar refractivity (Wildman–Crippen MR) is 68.0 cm³/mol. The Morgan fingerprint density at radius 3 is 2.70 bits per heavy atom. The number of rotatable bonds is 5. The van der Waals surface area contributed by atoms with Crippen LogP contribution in [0.2, 0.25) is 0 Å². The molecule has 2 amide bonds. The summed E-state index contributed by atoms with van der Waals surface area (Å²) in [5, 5.41) is 18.2. The van der Waals surface area contributed by atoms with Gasteiger partial charge in [-0.25, -0.2) is 9.59 Å². The third kappa shape index (κ3) is 3.46. The molecule has 1 aliphatic carbocycles. The van der Waals surface area contributed by atoms with Crippen LogP contribution in [0.4, 0.5) is 4.79 Å². The molecule has 0 bridgehead atoms. The third-order valence-electron chi connectivity index (χ3n) is 3.51. The van der Waals surface area contributed by atoms with Gasteiger partial charge < -0.3 is 20.3 Å². The van der Waals surface area contributed by atoms with Crippen LogP contribution in [0.5, 0.6) is 0 Å². The normalized spacial score (nSPS) is 17.4. The highest BCUT2D eigenvalue weighted by Gasteiger charge is 2.40. The molecule has 1 aromatic heterocycles. The van der Waals surface area contributed by atoms with Crippen LogP contribution in [0.1, 0.15) is 37.9 Å². The Balaban J connectivity index is 1.81. The van der Waals surface area contributed by atoms with Crippen molar-refractivity contribution in [2.24, 2.45) is 0 Å². The van der Waals surface area contributed by atoms with E-state index < -0.39 is 17.5 Å². The highest BCUT2D eigenvalue weighted by Crippen LogP contribution is 2.28. The van der Waals surface area contributed by atoms with Crippen molar-refractivity contribution in [2.75, 3.05) is 6.54 Å². The number of aromatic nitrogens is 2. The van der Waals surface area contributed by atoms with Crippen LogP contribution in [-0.2, 0) is 11.2 Å². The van der Waals surface area contributed by atoms with E-state index in [2.05, 4.69) is 25.3 Å². The molecule has 0 atom stereocenters. The van der Waals surface area contributed by atoms with Crippen LogP contribution < -0.4 is 10.6 Å². The Bertz CT molecular complexity index is 454. The molecule has 1 heterocycles. The van der Waals surface area contributed by atoms with Crippen molar-refractivity contribution in [3.63, 3.8) is 0 Å². The van der Waals surface area contributed by atoms with Crippen molar-refractivity contribution in [3.8, 4) is 0 Å². The quantitative estimate of drug-likeness (QED) is 0.731. The summed E-state index contributed by atoms with van der Waals surface area (Å²) in [4.78, 5) is 27.0. The Hall–Kier alpha value is -2.12. The fraction of sp³-hybridized carbons (Fsp3) is 0.667. The van der Waals surface area contributed by atoms with Crippen molar-refractivity contribution in [1.29, 1.82) is 0 Å². The molecule has 0 aliphatic heterocycles. The van der Waals surface area contributed by atoms with Gasteiger partial charge in [0.15, 0.2) is 5.82 Å². The Labute approximate surface area is 115 Å². The SMILES string of the molecule is O=C(NCCc1ncon1)NC1(C(=O)O)CCCCC1. The second-order valence-corrected chi connectivity index (χ2v) is 4.93. The average molecular weight is 282 g/mol. The molecule has 0 spiro atoms. The lowest BCUT2D eigenvalue weighted by atomic mass is 9.82. The van der Waals surface area contributed by atoms with Gasteiger partial charge in [0.1, 0.15) is 5.54 Å². The number of carboxylic acid groups (broad SMARTS) is 1. The van der Waals surface area contributed by atoms with Gasteiger partial charge in [-0.15, -0.1) is 0 Å². The number of amides is 2. The van der Waals surface area contributed by atoms with Crippen LogP contribution in [0.15, 0.2) is 10.9 Å². The summed E-state index contributed by atoms with van der Waals surface area (Å²) in [5.41, 5.74) is -1.13. The number of nitrogens with one attached hydrogen (secondary N) is 2. The number of aliphatic carboxylic acids is 1. The Morgan fingerprint density at radius 1 is 1.35 bits per heavy atom. The van der Waals surface area contributed by atoms with E-state index in [0.29, 0.717) is 31.6 Å². The maximum atomic E-state index is 11.8. The summed E-state index contributed by atoms with van der Waals surface area (Å²) >= 11 is 0. The predicted octanol–water partition coefficient (Wildman–Crippen LogP) is 0.699. The zero-order valence-corrected chi connectivity index (χ0v) is 11.1. The Morgan fingerprint density at radius 2 is 2.10 bits per heavy atom. The second kappa shape index (κ2) is 6.36. The summed E-state index contributed by atoms with van der Waals surface area (Å²) in [6.45, 7) is 0.321. The maximum Gasteiger partial charge on any atom is 0.329 e. The number of carbonyl (C=O) groups is 2. The molecule has 0 aromatic carbocycles. The number of urea groups is 1. The molecule has 8 nitrogen and oxygen atoms in total. The lowest BCUT2D eigenvalue weighted by molar-refractivity contribution is -0.145. The molecular weight excluding hydrogens is 264 g/mol. The van der Waals surface area contributed by atoms with Gasteiger partial charge in [-0.3, -0.25) is 0 Å². The van der Waals surface area contributed by atoms with Gasteiger partial charge in [0.2, 0.25) is 6.39 Å². The fourth-order valence-corrected chi connectivity index (χ4v) is 2.40. The van der Waals surface area contributed by atoms with Crippen LogP contribution in [0.25, 0.3) is 0 Å². The molecule has 2 rings (SSSR count). The molecular formula is C12H18N4O4. The van der Waals surface area contributed by atoms with Crippen molar-refractivity contribution in [2.45, 2.75) is 44.1 Å². The van der Waals surface area contributed by atoms with Crippen LogP contribution >= 0.6 is 0 Å². The van der Waals surface area contributed by atoms with Gasteiger partial charge in [0, 0.05) is 13.0 Å². The Kier molecular flexibility index (Phi) is 4.54. The summed E-state index contributed by atoms with van der Waals surface area (Å²) < 4.78 is 4.57. The van der Waals surface area contributed by atoms with E-state index in [9.17, 15) is 14.7 Å². The van der Waals surface area contributed by atoms with E-state index in [1.807, 2.05) is 0 Å². The lowest BCUT2D eigenvalue weighted by Crippen LogP contribution is -2.58. The first-order valence-corrected chi connectivity index (χ1v) is 6.67. The topological polar surface area (TPSA) is 117 Å². The zero-order chi connectivity index (χ0) is 14.4. The van der Waals surface area contributed by atoms with Crippen molar-refractivity contribution in [1.82, 2.24) is 20.8 Å². The van der Waals surface area contributed by atoms with E-state index in [-0.39, 0.29) is 0 Å². The van der Waals surface area contributed by atoms with Gasteiger partial charge in [0.05, 0.1) is 0 Å². The molecule has 0 unspecified atom stereocenters. The highest BCUT2D eigenvalue weighted by atomic mass is 16.5. The van der Waals surface area contributed by atoms with Gasteiger partial charge in [0.25, 0.3) is 0 Å². The van der Waals surface area contributed by atoms with Gasteiger partial charge in [-0.05, 0) is 12.8 Å². The largest absolute Gasteiger partial charge is 0.480 e. The van der Waals surface area contributed by atoms with E-state index >= 15 is 0 Å². The first-order chi connectivity index (χ1) is 9.62. The first kappa shape index (κ1) is 14.3. The lowest BCUT2D eigenvalue weighted by Gasteiger charge is -2.33. The van der Waals surface area contributed by atoms with Crippen LogP contribution in [0, 0.1) is 0 Å². The van der Waals surface area contributed by atoms with Crippen molar-refractivity contribution < 1.29 is 19.2 Å². The molecule has 110 valence electrons. The molecule has 3 N–H and O–H groups in total. The molecule has 1 aromatic rings. The van der Waals surface area contributed by atoms with Crippen LogP contribution in [0.3, 0.4) is 0 Å². The minimum atomic E-state index is -1.13. The van der Waals surface area contributed by atoms with E-state index in [1.54, 1.807) is 0 Å². The van der Waals surface area contributed by atoms with E-state index in [0.717, 1.165) is 19.3 Å². The molecule has 8 heteroatoms. The number of carboxylic acids is 1. The standard InChI is InChI=1S/C12H18N4O4/c17-10(18)12(5-2-1-3-6-12)15-11(19)13-7-4-9-14-8-20-16-9/h8H,1-7H2,(H,17,18)(H2,13,15,19). The first-order valence-electron chi connectivity index (χ1n) is 6.67.